The summed E-state index contributed by atoms with van der Waals surface area (Å²) in [5.41, 5.74) is -3.46. The summed E-state index contributed by atoms with van der Waals surface area (Å²) < 4.78 is 43.6. The summed E-state index contributed by atoms with van der Waals surface area (Å²) in [6.45, 7) is 16.1. The quantitative estimate of drug-likeness (QED) is 0.129. The van der Waals surface area contributed by atoms with Crippen LogP contribution < -0.4 is 0 Å². The SMILES string of the molecule is CC(=O)O[C@@H]1[C@@H](OC(C)=O)[C@H](O[C@@H]2CC[C@]34C[C@]35CC[C@]3(C)[C@H]([C@]6(C)CC[C@@H](C(C)(C)O)O6)[C@@H](O)C[C@@]3(C)[C@@H]5C[C@H](O[C@H]3O[C@@H](CO)[C@H](O)[C@@H](O)[C@@H]3O)[C@H]4C2(C)C)OC[C@H]1O. The Morgan fingerprint density at radius 1 is 0.754 bits per heavy atom. The Morgan fingerprint density at radius 2 is 1.43 bits per heavy atom. The molecule has 0 amide bonds. The van der Waals surface area contributed by atoms with Crippen LogP contribution in [0.15, 0.2) is 0 Å². The highest BCUT2D eigenvalue weighted by atomic mass is 16.7. The van der Waals surface area contributed by atoms with Gasteiger partial charge in [0.05, 0.1) is 48.8 Å². The van der Waals surface area contributed by atoms with Crippen LogP contribution in [0.3, 0.4) is 0 Å². The fourth-order valence-corrected chi connectivity index (χ4v) is 15.5. The van der Waals surface area contributed by atoms with Gasteiger partial charge in [0.25, 0.3) is 0 Å². The van der Waals surface area contributed by atoms with Crippen molar-refractivity contribution >= 4 is 11.9 Å². The number of ether oxygens (including phenoxy) is 7. The lowest BCUT2D eigenvalue weighted by atomic mass is 9.41. The summed E-state index contributed by atoms with van der Waals surface area (Å²) in [6.07, 6.45) is -7.80. The Kier molecular flexibility index (Phi) is 11.5. The first-order valence-electron chi connectivity index (χ1n) is 22.6. The molecule has 16 nitrogen and oxygen atoms in total. The molecule has 16 heteroatoms. The second-order valence-corrected chi connectivity index (χ2v) is 22.2. The Labute approximate surface area is 358 Å². The van der Waals surface area contributed by atoms with E-state index < -0.39 is 109 Å². The molecular formula is C45H72O16. The zero-order chi connectivity index (χ0) is 44.6. The van der Waals surface area contributed by atoms with Gasteiger partial charge in [-0.25, -0.2) is 0 Å². The van der Waals surface area contributed by atoms with Crippen LogP contribution in [0, 0.1) is 44.8 Å². The topological polar surface area (TPSA) is 240 Å². The van der Waals surface area contributed by atoms with E-state index in [1.807, 2.05) is 0 Å². The average Bonchev–Trinajstić information content (AvgIpc) is 3.52. The van der Waals surface area contributed by atoms with Crippen LogP contribution in [0.4, 0.5) is 0 Å². The largest absolute Gasteiger partial charge is 0.455 e. The van der Waals surface area contributed by atoms with Crippen molar-refractivity contribution in [3.05, 3.63) is 0 Å². The minimum absolute atomic E-state index is 0.0638. The summed E-state index contributed by atoms with van der Waals surface area (Å²) in [4.78, 5) is 24.5. The maximum Gasteiger partial charge on any atom is 0.303 e. The fourth-order valence-electron chi connectivity index (χ4n) is 15.5. The third kappa shape index (κ3) is 6.89. The predicted molar refractivity (Wildman–Crippen MR) is 213 cm³/mol. The molecule has 5 aliphatic carbocycles. The van der Waals surface area contributed by atoms with E-state index in [0.717, 1.165) is 32.1 Å². The molecule has 0 aromatic heterocycles. The van der Waals surface area contributed by atoms with Crippen molar-refractivity contribution in [2.24, 2.45) is 44.8 Å². The lowest BCUT2D eigenvalue weighted by Gasteiger charge is -2.65. The number of carbonyl (C=O) groups excluding carboxylic acids is 2. The van der Waals surface area contributed by atoms with Crippen molar-refractivity contribution in [3.63, 3.8) is 0 Å². The van der Waals surface area contributed by atoms with Gasteiger partial charge in [0.2, 0.25) is 0 Å². The van der Waals surface area contributed by atoms with Crippen LogP contribution >= 0.6 is 0 Å². The second kappa shape index (κ2) is 15.3. The molecule has 0 unspecified atom stereocenters. The molecule has 3 saturated heterocycles. The smallest absolute Gasteiger partial charge is 0.303 e. The number of carbonyl (C=O) groups is 2. The molecule has 61 heavy (non-hydrogen) atoms. The number of rotatable bonds is 9. The normalized spacial score (nSPS) is 53.8. The van der Waals surface area contributed by atoms with E-state index in [4.69, 9.17) is 33.2 Å². The van der Waals surface area contributed by atoms with Crippen molar-refractivity contribution in [1.29, 1.82) is 0 Å². The predicted octanol–water partition coefficient (Wildman–Crippen LogP) is 1.87. The molecule has 3 aliphatic heterocycles. The number of aliphatic hydroxyl groups is 7. The Hall–Kier alpha value is -1.54. The standard InChI is InChI=1S/C45H72O16/c1-21(47)56-33-24(50)19-55-38(34(33)57-22(2)48)60-28-11-13-45-20-44(45)15-14-41(7)35(43(9)12-10-29(61-43)40(5,6)54)23(49)17-42(41,8)27(44)16-25(36(45)39(28,3)4)58-37-32(53)31(52)30(51)26(18-46)59-37/h23-38,46,49-54H,10-20H2,1-9H3/t23-,24+,25-,26-,27-,28+,29-,30-,31+,32-,33-,34+,35+,36-,37-,38-,41+,42-,43-,44-,45+/m0/s1. The van der Waals surface area contributed by atoms with Crippen LogP contribution in [-0.2, 0) is 42.7 Å². The van der Waals surface area contributed by atoms with Crippen LogP contribution in [0.25, 0.3) is 0 Å². The van der Waals surface area contributed by atoms with Gasteiger partial charge in [-0.1, -0.05) is 27.7 Å². The highest BCUT2D eigenvalue weighted by molar-refractivity contribution is 5.67. The van der Waals surface area contributed by atoms with Gasteiger partial charge < -0.3 is 68.9 Å². The van der Waals surface area contributed by atoms with Gasteiger partial charge in [-0.15, -0.1) is 0 Å². The molecule has 2 spiro atoms. The van der Waals surface area contributed by atoms with Crippen LogP contribution in [-0.4, -0.2) is 152 Å². The van der Waals surface area contributed by atoms with Gasteiger partial charge in [-0.05, 0) is 117 Å². The maximum absolute atomic E-state index is 12.4. The van der Waals surface area contributed by atoms with E-state index in [1.54, 1.807) is 13.8 Å². The first-order chi connectivity index (χ1) is 28.3. The summed E-state index contributed by atoms with van der Waals surface area (Å²) in [7, 11) is 0. The zero-order valence-corrected chi connectivity index (χ0v) is 37.3. The third-order valence-electron chi connectivity index (χ3n) is 18.2. The lowest BCUT2D eigenvalue weighted by Crippen LogP contribution is -2.65. The van der Waals surface area contributed by atoms with Gasteiger partial charge in [-0.3, -0.25) is 9.59 Å². The number of hydrogen-bond acceptors (Lipinski definition) is 16. The third-order valence-corrected chi connectivity index (χ3v) is 18.2. The van der Waals surface area contributed by atoms with Crippen LogP contribution in [0.1, 0.15) is 120 Å². The second-order valence-electron chi connectivity index (χ2n) is 22.2. The summed E-state index contributed by atoms with van der Waals surface area (Å²) >= 11 is 0. The molecule has 8 rings (SSSR count). The van der Waals surface area contributed by atoms with E-state index >= 15 is 0 Å². The van der Waals surface area contributed by atoms with Crippen molar-refractivity contribution in [3.8, 4) is 0 Å². The molecule has 0 aromatic rings. The Morgan fingerprint density at radius 3 is 2.05 bits per heavy atom. The average molecular weight is 869 g/mol. The molecule has 7 N–H and O–H groups in total. The molecule has 0 bridgehead atoms. The molecule has 0 aromatic carbocycles. The van der Waals surface area contributed by atoms with Crippen molar-refractivity contribution in [2.75, 3.05) is 13.2 Å². The molecule has 5 saturated carbocycles. The first-order valence-corrected chi connectivity index (χ1v) is 22.6. The summed E-state index contributed by atoms with van der Waals surface area (Å²) in [5, 5.41) is 77.1. The van der Waals surface area contributed by atoms with Crippen LogP contribution in [0.5, 0.6) is 0 Å². The number of fused-ring (bicyclic) bond motifs is 2. The number of aliphatic hydroxyl groups excluding tert-OH is 6. The molecule has 0 radical (unpaired) electrons. The number of esters is 2. The zero-order valence-electron chi connectivity index (χ0n) is 37.3. The van der Waals surface area contributed by atoms with Crippen molar-refractivity contribution < 1.29 is 78.5 Å². The van der Waals surface area contributed by atoms with E-state index in [9.17, 15) is 45.3 Å². The fraction of sp³-hybridized carbons (Fsp3) is 0.956. The van der Waals surface area contributed by atoms with Gasteiger partial charge in [0, 0.05) is 19.8 Å². The molecule has 3 heterocycles. The van der Waals surface area contributed by atoms with Crippen LogP contribution in [0.2, 0.25) is 0 Å². The molecule has 21 atom stereocenters. The molecule has 8 aliphatic rings. The van der Waals surface area contributed by atoms with E-state index in [1.165, 1.54) is 13.8 Å². The Balaban J connectivity index is 1.15. The molecule has 8 fully saturated rings. The Bertz CT molecular complexity index is 1680. The summed E-state index contributed by atoms with van der Waals surface area (Å²) in [6, 6.07) is 0. The maximum atomic E-state index is 12.4. The minimum Gasteiger partial charge on any atom is -0.455 e. The monoisotopic (exact) mass is 868 g/mol. The van der Waals surface area contributed by atoms with E-state index in [-0.39, 0.29) is 52.1 Å². The molecular weight excluding hydrogens is 796 g/mol. The van der Waals surface area contributed by atoms with E-state index in [2.05, 4.69) is 34.6 Å². The van der Waals surface area contributed by atoms with Gasteiger partial charge in [0.1, 0.15) is 30.5 Å². The van der Waals surface area contributed by atoms with Crippen molar-refractivity contribution in [2.45, 2.75) is 211 Å². The minimum atomic E-state index is -1.63. The molecule has 348 valence electrons. The van der Waals surface area contributed by atoms with Gasteiger partial charge >= 0.3 is 11.9 Å². The van der Waals surface area contributed by atoms with E-state index in [0.29, 0.717) is 25.7 Å². The number of hydrogen-bond donors (Lipinski definition) is 7. The highest BCUT2D eigenvalue weighted by Crippen LogP contribution is 2.89. The lowest BCUT2D eigenvalue weighted by molar-refractivity contribution is -0.339. The van der Waals surface area contributed by atoms with Crippen molar-refractivity contribution in [1.82, 2.24) is 0 Å². The van der Waals surface area contributed by atoms with Gasteiger partial charge in [0.15, 0.2) is 24.8 Å². The van der Waals surface area contributed by atoms with Gasteiger partial charge in [-0.2, -0.15) is 0 Å². The summed E-state index contributed by atoms with van der Waals surface area (Å²) in [5.74, 6) is -1.67. The first kappa shape index (κ1) is 46.0. The highest BCUT2D eigenvalue weighted by Gasteiger charge is 2.85.